The van der Waals surface area contributed by atoms with Gasteiger partial charge in [-0.05, 0) is 60.7 Å². The summed E-state index contributed by atoms with van der Waals surface area (Å²) in [7, 11) is 0. The van der Waals surface area contributed by atoms with Gasteiger partial charge in [0.25, 0.3) is 0 Å². The number of carboxylic acids is 1. The monoisotopic (exact) mass is 487 g/mol. The fourth-order valence-electron chi connectivity index (χ4n) is 2.96. The highest BCUT2D eigenvalue weighted by atomic mass is 79.9. The topological polar surface area (TPSA) is 63.3 Å². The van der Waals surface area contributed by atoms with Gasteiger partial charge in [-0.15, -0.1) is 0 Å². The molecule has 4 aromatic rings. The van der Waals surface area contributed by atoms with E-state index in [1.165, 1.54) is 6.07 Å². The van der Waals surface area contributed by atoms with Crippen molar-refractivity contribution < 1.29 is 14.3 Å². The van der Waals surface area contributed by atoms with Crippen molar-refractivity contribution in [1.82, 2.24) is 4.98 Å². The highest BCUT2D eigenvalue weighted by Crippen LogP contribution is 2.35. The van der Waals surface area contributed by atoms with Crippen LogP contribution in [0.25, 0.3) is 34.4 Å². The molecule has 0 fully saturated rings. The predicted octanol–water partition coefficient (Wildman–Crippen LogP) is 7.43. The van der Waals surface area contributed by atoms with Crippen LogP contribution in [0.15, 0.2) is 63.5 Å². The van der Waals surface area contributed by atoms with Crippen molar-refractivity contribution in [3.8, 4) is 11.3 Å². The van der Waals surface area contributed by atoms with E-state index in [0.717, 1.165) is 4.47 Å². The second kappa shape index (κ2) is 8.03. The van der Waals surface area contributed by atoms with Gasteiger partial charge in [-0.2, -0.15) is 0 Å². The first-order chi connectivity index (χ1) is 13.9. The fourth-order valence-corrected chi connectivity index (χ4v) is 3.90. The lowest BCUT2D eigenvalue weighted by Crippen LogP contribution is -2.00. The van der Waals surface area contributed by atoms with Crippen LogP contribution >= 0.6 is 39.1 Å². The Morgan fingerprint density at radius 2 is 1.79 bits per heavy atom. The van der Waals surface area contributed by atoms with E-state index in [9.17, 15) is 9.90 Å². The minimum absolute atomic E-state index is 0.180. The first kappa shape index (κ1) is 19.7. The van der Waals surface area contributed by atoms with Crippen molar-refractivity contribution in [3.05, 3.63) is 86.1 Å². The Kier molecular flexibility index (Phi) is 5.46. The normalized spacial score (nSPS) is 11.4. The Morgan fingerprint density at radius 3 is 2.52 bits per heavy atom. The summed E-state index contributed by atoms with van der Waals surface area (Å²) in [5, 5.41) is 11.1. The minimum Gasteiger partial charge on any atom is -0.478 e. The van der Waals surface area contributed by atoms with Crippen molar-refractivity contribution in [1.29, 1.82) is 0 Å². The van der Waals surface area contributed by atoms with Crippen molar-refractivity contribution in [2.24, 2.45) is 0 Å². The molecule has 2 heterocycles. The molecule has 2 aromatic carbocycles. The maximum absolute atomic E-state index is 11.7. The number of furan rings is 1. The number of carbonyl (C=O) groups is 1. The van der Waals surface area contributed by atoms with Gasteiger partial charge in [0, 0.05) is 9.86 Å². The summed E-state index contributed by atoms with van der Waals surface area (Å²) in [5.74, 6) is 0.0900. The molecule has 0 spiro atoms. The number of hydrogen-bond donors (Lipinski definition) is 1. The molecule has 2 aromatic heterocycles. The van der Waals surface area contributed by atoms with E-state index >= 15 is 0 Å². The van der Waals surface area contributed by atoms with Crippen LogP contribution < -0.4 is 0 Å². The number of pyridine rings is 1. The molecule has 4 nitrogen and oxygen atoms in total. The van der Waals surface area contributed by atoms with E-state index in [1.54, 1.807) is 54.6 Å². The lowest BCUT2D eigenvalue weighted by atomic mass is 10.1. The molecule has 7 heteroatoms. The van der Waals surface area contributed by atoms with Gasteiger partial charge in [-0.25, -0.2) is 9.78 Å². The summed E-state index contributed by atoms with van der Waals surface area (Å²) in [6, 6.07) is 15.7. The van der Waals surface area contributed by atoms with Crippen LogP contribution in [0, 0.1) is 0 Å². The van der Waals surface area contributed by atoms with Crippen LogP contribution in [0.2, 0.25) is 10.0 Å². The van der Waals surface area contributed by atoms with Gasteiger partial charge >= 0.3 is 5.97 Å². The number of aromatic carboxylic acids is 1. The van der Waals surface area contributed by atoms with Crippen molar-refractivity contribution in [3.63, 3.8) is 0 Å². The molecular weight excluding hydrogens is 477 g/mol. The van der Waals surface area contributed by atoms with E-state index in [0.29, 0.717) is 43.7 Å². The SMILES string of the molecule is O=C(O)c1cc(C=Cc2ccc(-c3c(Cl)cccc3Cl)o2)nc2ccc(Br)cc12. The molecule has 0 unspecified atom stereocenters. The molecule has 1 N–H and O–H groups in total. The Morgan fingerprint density at radius 1 is 1.03 bits per heavy atom. The molecule has 0 saturated carbocycles. The molecule has 29 heavy (non-hydrogen) atoms. The van der Waals surface area contributed by atoms with E-state index in [2.05, 4.69) is 20.9 Å². The van der Waals surface area contributed by atoms with Gasteiger partial charge in [-0.3, -0.25) is 0 Å². The number of fused-ring (bicyclic) bond motifs is 1. The van der Waals surface area contributed by atoms with Crippen LogP contribution in [0.4, 0.5) is 0 Å². The molecule has 0 saturated heterocycles. The molecule has 0 aliphatic heterocycles. The van der Waals surface area contributed by atoms with Crippen molar-refractivity contribution in [2.45, 2.75) is 0 Å². The summed E-state index contributed by atoms with van der Waals surface area (Å²) in [5.41, 5.74) is 1.90. The van der Waals surface area contributed by atoms with E-state index in [1.807, 2.05) is 6.07 Å². The Hall–Kier alpha value is -2.60. The van der Waals surface area contributed by atoms with Gasteiger partial charge in [-0.1, -0.05) is 45.2 Å². The molecule has 4 rings (SSSR count). The van der Waals surface area contributed by atoms with Crippen molar-refractivity contribution >= 4 is 68.2 Å². The largest absolute Gasteiger partial charge is 0.478 e. The lowest BCUT2D eigenvalue weighted by Gasteiger charge is -2.05. The second-order valence-electron chi connectivity index (χ2n) is 6.19. The molecular formula is C22H12BrCl2NO3. The summed E-state index contributed by atoms with van der Waals surface area (Å²) in [6.45, 7) is 0. The lowest BCUT2D eigenvalue weighted by molar-refractivity contribution is 0.0699. The summed E-state index contributed by atoms with van der Waals surface area (Å²) in [4.78, 5) is 16.2. The zero-order valence-corrected chi connectivity index (χ0v) is 17.8. The highest BCUT2D eigenvalue weighted by molar-refractivity contribution is 9.10. The number of carboxylic acid groups (broad SMARTS) is 1. The van der Waals surface area contributed by atoms with Gasteiger partial charge in [0.05, 0.1) is 32.4 Å². The maximum atomic E-state index is 11.7. The van der Waals surface area contributed by atoms with Crippen LogP contribution in [0.3, 0.4) is 0 Å². The quantitative estimate of drug-likeness (QED) is 0.324. The average molecular weight is 489 g/mol. The third kappa shape index (κ3) is 4.08. The molecule has 0 aliphatic rings. The zero-order valence-electron chi connectivity index (χ0n) is 14.7. The first-order valence-corrected chi connectivity index (χ1v) is 10.0. The average Bonchev–Trinajstić information content (AvgIpc) is 3.14. The van der Waals surface area contributed by atoms with Crippen LogP contribution in [-0.4, -0.2) is 16.1 Å². The molecule has 0 bridgehead atoms. The fraction of sp³-hybridized carbons (Fsp3) is 0. The maximum Gasteiger partial charge on any atom is 0.336 e. The van der Waals surface area contributed by atoms with Gasteiger partial charge in [0.2, 0.25) is 0 Å². The smallest absolute Gasteiger partial charge is 0.336 e. The van der Waals surface area contributed by atoms with E-state index in [-0.39, 0.29) is 5.56 Å². The first-order valence-electron chi connectivity index (χ1n) is 8.48. The van der Waals surface area contributed by atoms with E-state index in [4.69, 9.17) is 27.6 Å². The van der Waals surface area contributed by atoms with Gasteiger partial charge < -0.3 is 9.52 Å². The van der Waals surface area contributed by atoms with Crippen LogP contribution in [-0.2, 0) is 0 Å². The third-order valence-corrected chi connectivity index (χ3v) is 5.40. The molecule has 0 atom stereocenters. The summed E-state index contributed by atoms with van der Waals surface area (Å²) >= 11 is 15.8. The number of nitrogens with zero attached hydrogens (tertiary/aromatic N) is 1. The molecule has 144 valence electrons. The van der Waals surface area contributed by atoms with Gasteiger partial charge in [0.1, 0.15) is 11.5 Å². The Labute approximate surface area is 184 Å². The Balaban J connectivity index is 1.70. The second-order valence-corrected chi connectivity index (χ2v) is 7.92. The number of hydrogen-bond acceptors (Lipinski definition) is 3. The molecule has 0 amide bonds. The number of aromatic nitrogens is 1. The molecule has 0 aliphatic carbocycles. The predicted molar refractivity (Wildman–Crippen MR) is 119 cm³/mol. The summed E-state index contributed by atoms with van der Waals surface area (Å²) in [6.07, 6.45) is 3.41. The standard InChI is InChI=1S/C22H12BrCl2NO3/c23-12-4-8-19-15(10-12)16(22(27)28)11-13(26-19)5-6-14-7-9-20(29-14)21-17(24)2-1-3-18(21)25/h1-11H,(H,27,28). The van der Waals surface area contributed by atoms with Crippen LogP contribution in [0.1, 0.15) is 21.8 Å². The van der Waals surface area contributed by atoms with Gasteiger partial charge in [0.15, 0.2) is 0 Å². The zero-order chi connectivity index (χ0) is 20.5. The van der Waals surface area contributed by atoms with E-state index < -0.39 is 5.97 Å². The number of rotatable bonds is 4. The number of halogens is 3. The summed E-state index contributed by atoms with van der Waals surface area (Å²) < 4.78 is 6.62. The number of benzene rings is 2. The van der Waals surface area contributed by atoms with Crippen molar-refractivity contribution in [2.75, 3.05) is 0 Å². The molecule has 0 radical (unpaired) electrons. The highest BCUT2D eigenvalue weighted by Gasteiger charge is 2.13. The Bertz CT molecular complexity index is 1260. The third-order valence-electron chi connectivity index (χ3n) is 4.28. The van der Waals surface area contributed by atoms with Crippen LogP contribution in [0.5, 0.6) is 0 Å². The minimum atomic E-state index is -1.02.